The topological polar surface area (TPSA) is 97.8 Å². The third-order valence-electron chi connectivity index (χ3n) is 4.40. The Hall–Kier alpha value is -3.45. The number of benzene rings is 2. The molecule has 1 atom stereocenters. The van der Waals surface area contributed by atoms with Crippen LogP contribution in [0.4, 0.5) is 4.79 Å². The molecule has 0 spiro atoms. The first-order chi connectivity index (χ1) is 14.8. The number of pyridine rings is 1. The Kier molecular flexibility index (Phi) is 6.87. The largest absolute Gasteiger partial charge is 0.444 e. The van der Waals surface area contributed by atoms with Gasteiger partial charge in [-0.1, -0.05) is 30.3 Å². The summed E-state index contributed by atoms with van der Waals surface area (Å²) in [7, 11) is 0. The van der Waals surface area contributed by atoms with E-state index in [1.165, 1.54) is 0 Å². The van der Waals surface area contributed by atoms with E-state index in [1.807, 2.05) is 36.4 Å². The Morgan fingerprint density at radius 3 is 2.52 bits per heavy atom. The van der Waals surface area contributed by atoms with Crippen LogP contribution in [0.2, 0.25) is 0 Å². The van der Waals surface area contributed by atoms with Gasteiger partial charge in [-0.05, 0) is 57.0 Å². The van der Waals surface area contributed by atoms with Crippen LogP contribution in [-0.2, 0) is 11.2 Å². The lowest BCUT2D eigenvalue weighted by molar-refractivity contribution is 0.0482. The molecule has 162 valence electrons. The van der Waals surface area contributed by atoms with Crippen molar-refractivity contribution in [2.45, 2.75) is 38.8 Å². The molecule has 0 radical (unpaired) electrons. The van der Waals surface area contributed by atoms with Gasteiger partial charge in [-0.25, -0.2) is 9.78 Å². The zero-order valence-corrected chi connectivity index (χ0v) is 17.8. The van der Waals surface area contributed by atoms with Gasteiger partial charge in [0.1, 0.15) is 11.4 Å². The zero-order valence-electron chi connectivity index (χ0n) is 17.8. The average Bonchev–Trinajstić information content (AvgIpc) is 2.72. The molecule has 31 heavy (non-hydrogen) atoms. The fraction of sp³-hybridized carbons (Fsp3) is 0.292. The van der Waals surface area contributed by atoms with Crippen LogP contribution in [0, 0.1) is 0 Å². The molecule has 1 amide bonds. The van der Waals surface area contributed by atoms with Gasteiger partial charge in [0.2, 0.25) is 5.88 Å². The molecule has 2 N–H and O–H groups in total. The Morgan fingerprint density at radius 1 is 1.16 bits per heavy atom. The van der Waals surface area contributed by atoms with Crippen molar-refractivity contribution in [3.63, 3.8) is 0 Å². The highest BCUT2D eigenvalue weighted by Gasteiger charge is 2.19. The molecule has 1 heterocycles. The number of nitrogens with one attached hydrogen (secondary N) is 1. The van der Waals surface area contributed by atoms with E-state index in [0.29, 0.717) is 17.7 Å². The van der Waals surface area contributed by atoms with E-state index in [4.69, 9.17) is 9.47 Å². The number of rotatable bonds is 7. The highest BCUT2D eigenvalue weighted by molar-refractivity contribution is 5.88. The summed E-state index contributed by atoms with van der Waals surface area (Å²) in [5.74, 6) is 0.761. The van der Waals surface area contributed by atoms with E-state index >= 15 is 0 Å². The number of carbonyl (C=O) groups excluding carboxylic acids is 2. The first-order valence-electron chi connectivity index (χ1n) is 9.99. The molecule has 0 aliphatic carbocycles. The third kappa shape index (κ3) is 6.26. The van der Waals surface area contributed by atoms with Crippen molar-refractivity contribution in [2.75, 3.05) is 6.61 Å². The van der Waals surface area contributed by atoms with Gasteiger partial charge in [0.15, 0.2) is 6.29 Å². The van der Waals surface area contributed by atoms with Crippen LogP contribution >= 0.6 is 0 Å². The number of amides is 1. The van der Waals surface area contributed by atoms with Crippen LogP contribution in [0.15, 0.2) is 54.6 Å². The molecular weight excluding hydrogens is 396 g/mol. The molecule has 1 aromatic heterocycles. The molecule has 7 nitrogen and oxygen atoms in total. The van der Waals surface area contributed by atoms with Crippen molar-refractivity contribution in [3.8, 4) is 11.6 Å². The quantitative estimate of drug-likeness (QED) is 0.552. The summed E-state index contributed by atoms with van der Waals surface area (Å²) in [6.45, 7) is 5.11. The van der Waals surface area contributed by atoms with E-state index in [0.717, 1.165) is 22.8 Å². The summed E-state index contributed by atoms with van der Waals surface area (Å²) in [4.78, 5) is 27.8. The van der Waals surface area contributed by atoms with Crippen molar-refractivity contribution < 1.29 is 24.2 Å². The second-order valence-corrected chi connectivity index (χ2v) is 8.17. The number of aldehydes is 1. The molecule has 1 unspecified atom stereocenters. The minimum atomic E-state index is -0.611. The van der Waals surface area contributed by atoms with Gasteiger partial charge in [-0.3, -0.25) is 4.79 Å². The normalized spacial score (nSPS) is 12.3. The predicted molar refractivity (Wildman–Crippen MR) is 118 cm³/mol. The fourth-order valence-corrected chi connectivity index (χ4v) is 3.01. The van der Waals surface area contributed by atoms with Gasteiger partial charge < -0.3 is 19.9 Å². The van der Waals surface area contributed by atoms with Gasteiger partial charge >= 0.3 is 6.09 Å². The monoisotopic (exact) mass is 422 g/mol. The summed E-state index contributed by atoms with van der Waals surface area (Å²) < 4.78 is 11.1. The van der Waals surface area contributed by atoms with Gasteiger partial charge in [0, 0.05) is 5.39 Å². The van der Waals surface area contributed by atoms with Gasteiger partial charge in [-0.15, -0.1) is 0 Å². The zero-order chi connectivity index (χ0) is 22.4. The summed E-state index contributed by atoms with van der Waals surface area (Å²) in [5, 5.41) is 13.1. The van der Waals surface area contributed by atoms with Gasteiger partial charge in [-0.2, -0.15) is 0 Å². The second-order valence-electron chi connectivity index (χ2n) is 8.17. The number of alkyl carbamates (subject to hydrolysis) is 1. The van der Waals surface area contributed by atoms with Crippen LogP contribution in [0.1, 0.15) is 36.7 Å². The first-order valence-corrected chi connectivity index (χ1v) is 9.99. The molecule has 0 saturated carbocycles. The van der Waals surface area contributed by atoms with Gasteiger partial charge in [0.25, 0.3) is 0 Å². The standard InChI is InChI=1S/C24H26N2O5/c1-24(2,3)31-23(29)25-19(15-28)12-16-8-10-20(11-9-16)30-22-18(14-27)13-17-6-4-5-7-21(17)26-22/h4-11,13-14,19,28H,12,15H2,1-3H3,(H,25,29). The number of para-hydroxylation sites is 1. The predicted octanol–water partition coefficient (Wildman–Crippen LogP) is 4.27. The molecule has 0 saturated heterocycles. The molecular formula is C24H26N2O5. The minimum Gasteiger partial charge on any atom is -0.444 e. The Morgan fingerprint density at radius 2 is 1.87 bits per heavy atom. The summed E-state index contributed by atoms with van der Waals surface area (Å²) >= 11 is 0. The van der Waals surface area contributed by atoms with Crippen LogP contribution in [0.5, 0.6) is 11.6 Å². The van der Waals surface area contributed by atoms with Crippen LogP contribution in [0.3, 0.4) is 0 Å². The van der Waals surface area contributed by atoms with Crippen LogP contribution < -0.4 is 10.1 Å². The molecule has 3 rings (SSSR count). The highest BCUT2D eigenvalue weighted by atomic mass is 16.6. The van der Waals surface area contributed by atoms with Crippen molar-refractivity contribution in [2.24, 2.45) is 0 Å². The number of aliphatic hydroxyl groups excluding tert-OH is 1. The summed E-state index contributed by atoms with van der Waals surface area (Å²) in [6, 6.07) is 15.9. The van der Waals surface area contributed by atoms with Crippen molar-refractivity contribution in [1.82, 2.24) is 10.3 Å². The van der Waals surface area contributed by atoms with Crippen molar-refractivity contribution in [1.29, 1.82) is 0 Å². The molecule has 3 aromatic rings. The summed E-state index contributed by atoms with van der Waals surface area (Å²) in [5.41, 5.74) is 1.38. The lowest BCUT2D eigenvalue weighted by Gasteiger charge is -2.22. The maximum Gasteiger partial charge on any atom is 0.407 e. The number of ether oxygens (including phenoxy) is 2. The number of aliphatic hydroxyl groups is 1. The lowest BCUT2D eigenvalue weighted by Crippen LogP contribution is -2.42. The number of fused-ring (bicyclic) bond motifs is 1. The minimum absolute atomic E-state index is 0.221. The molecule has 0 aliphatic heterocycles. The van der Waals surface area contributed by atoms with E-state index < -0.39 is 17.7 Å². The number of hydrogen-bond acceptors (Lipinski definition) is 6. The number of carbonyl (C=O) groups is 2. The highest BCUT2D eigenvalue weighted by Crippen LogP contribution is 2.26. The van der Waals surface area contributed by atoms with Crippen molar-refractivity contribution in [3.05, 3.63) is 65.7 Å². The van der Waals surface area contributed by atoms with E-state index in [9.17, 15) is 14.7 Å². The second kappa shape index (κ2) is 9.57. The Balaban J connectivity index is 1.68. The van der Waals surface area contributed by atoms with Crippen LogP contribution in [0.25, 0.3) is 10.9 Å². The lowest BCUT2D eigenvalue weighted by atomic mass is 10.1. The molecule has 7 heteroatoms. The SMILES string of the molecule is CC(C)(C)OC(=O)NC(CO)Cc1ccc(Oc2nc3ccccc3cc2C=O)cc1. The molecule has 0 aliphatic rings. The Labute approximate surface area is 181 Å². The number of hydrogen-bond donors (Lipinski definition) is 2. The van der Waals surface area contributed by atoms with Crippen LogP contribution in [-0.4, -0.2) is 40.7 Å². The average molecular weight is 422 g/mol. The summed E-state index contributed by atoms with van der Waals surface area (Å²) in [6.07, 6.45) is 0.566. The third-order valence-corrected chi connectivity index (χ3v) is 4.40. The van der Waals surface area contributed by atoms with E-state index in [-0.39, 0.29) is 12.5 Å². The molecule has 0 bridgehead atoms. The van der Waals surface area contributed by atoms with Gasteiger partial charge in [0.05, 0.1) is 23.7 Å². The van der Waals surface area contributed by atoms with E-state index in [2.05, 4.69) is 10.3 Å². The first kappa shape index (κ1) is 22.2. The maximum absolute atomic E-state index is 11.9. The Bertz CT molecular complexity index is 1060. The maximum atomic E-state index is 11.9. The smallest absolute Gasteiger partial charge is 0.407 e. The number of nitrogens with zero attached hydrogens (tertiary/aromatic N) is 1. The molecule has 2 aromatic carbocycles. The molecule has 0 fully saturated rings. The fourth-order valence-electron chi connectivity index (χ4n) is 3.01. The van der Waals surface area contributed by atoms with E-state index in [1.54, 1.807) is 39.0 Å². The number of aromatic nitrogens is 1. The van der Waals surface area contributed by atoms with Crippen molar-refractivity contribution >= 4 is 23.3 Å².